The number of hydrogen-bond acceptors (Lipinski definition) is 5. The summed E-state index contributed by atoms with van der Waals surface area (Å²) in [7, 11) is 0. The third-order valence-corrected chi connectivity index (χ3v) is 6.30. The Labute approximate surface area is 207 Å². The van der Waals surface area contributed by atoms with Crippen LogP contribution in [0.25, 0.3) is 17.5 Å². The molecule has 3 heterocycles. The number of imidazole rings is 1. The van der Waals surface area contributed by atoms with Crippen molar-refractivity contribution in [1.82, 2.24) is 24.2 Å². The molecule has 4 aromatic rings. The van der Waals surface area contributed by atoms with Crippen LogP contribution in [0.1, 0.15) is 5.56 Å². The van der Waals surface area contributed by atoms with Gasteiger partial charge in [0.1, 0.15) is 5.02 Å². The van der Waals surface area contributed by atoms with Gasteiger partial charge in [0.05, 0.1) is 23.9 Å². The molecule has 1 fully saturated rings. The molecule has 0 bridgehead atoms. The molecule has 1 amide bonds. The van der Waals surface area contributed by atoms with Crippen LogP contribution in [0.3, 0.4) is 0 Å². The molecule has 2 aromatic heterocycles. The van der Waals surface area contributed by atoms with Crippen molar-refractivity contribution in [2.45, 2.75) is 0 Å². The van der Waals surface area contributed by atoms with Gasteiger partial charge in [-0.1, -0.05) is 41.9 Å². The Kier molecular flexibility index (Phi) is 6.45. The fraction of sp³-hybridized carbons (Fsp3) is 0.154. The van der Waals surface area contributed by atoms with Crippen molar-refractivity contribution >= 4 is 29.3 Å². The van der Waals surface area contributed by atoms with Crippen molar-refractivity contribution < 1.29 is 4.79 Å². The Morgan fingerprint density at radius 1 is 0.943 bits per heavy atom. The highest BCUT2D eigenvalue weighted by atomic mass is 35.5. The lowest BCUT2D eigenvalue weighted by Crippen LogP contribution is -2.48. The molecular formula is C26H23ClN6O2. The van der Waals surface area contributed by atoms with E-state index in [-0.39, 0.29) is 16.5 Å². The van der Waals surface area contributed by atoms with Crippen LogP contribution in [0.4, 0.5) is 5.69 Å². The van der Waals surface area contributed by atoms with Crippen LogP contribution in [0.2, 0.25) is 5.02 Å². The van der Waals surface area contributed by atoms with Gasteiger partial charge in [-0.3, -0.25) is 9.59 Å². The first-order chi connectivity index (χ1) is 17.1. The van der Waals surface area contributed by atoms with Gasteiger partial charge in [-0.05, 0) is 35.9 Å². The molecule has 0 radical (unpaired) electrons. The molecule has 0 N–H and O–H groups in total. The second-order valence-electron chi connectivity index (χ2n) is 8.10. The zero-order valence-corrected chi connectivity index (χ0v) is 19.6. The number of amides is 1. The molecule has 176 valence electrons. The van der Waals surface area contributed by atoms with Crippen LogP contribution in [-0.2, 0) is 4.79 Å². The van der Waals surface area contributed by atoms with Gasteiger partial charge in [-0.15, -0.1) is 0 Å². The minimum absolute atomic E-state index is 0.0490. The Balaban J connectivity index is 1.20. The van der Waals surface area contributed by atoms with E-state index in [1.807, 2.05) is 64.2 Å². The minimum Gasteiger partial charge on any atom is -0.365 e. The standard InChI is InChI=1S/C26H23ClN6O2/c27-25-23(18-29-33(26(25)35)22-4-2-1-3-5-22)30-14-16-31(17-15-30)24(34)11-8-20-6-9-21(10-7-20)32-13-12-28-19-32/h1-13,18-19H,14-17H2. The lowest BCUT2D eigenvalue weighted by Gasteiger charge is -2.35. The van der Waals surface area contributed by atoms with Crippen molar-refractivity contribution in [1.29, 1.82) is 0 Å². The summed E-state index contributed by atoms with van der Waals surface area (Å²) in [6.07, 6.45) is 10.4. The number of nitrogens with zero attached hydrogens (tertiary/aromatic N) is 6. The van der Waals surface area contributed by atoms with Gasteiger partial charge in [0.15, 0.2) is 0 Å². The first-order valence-corrected chi connectivity index (χ1v) is 11.6. The zero-order chi connectivity index (χ0) is 24.2. The Morgan fingerprint density at radius 2 is 1.69 bits per heavy atom. The number of benzene rings is 2. The average Bonchev–Trinajstić information content (AvgIpc) is 3.45. The van der Waals surface area contributed by atoms with E-state index < -0.39 is 0 Å². The predicted octanol–water partition coefficient (Wildman–Crippen LogP) is 3.43. The van der Waals surface area contributed by atoms with Crippen LogP contribution >= 0.6 is 11.6 Å². The molecule has 0 unspecified atom stereocenters. The van der Waals surface area contributed by atoms with E-state index in [1.165, 1.54) is 4.68 Å². The lowest BCUT2D eigenvalue weighted by atomic mass is 10.2. The Hall–Kier alpha value is -4.17. The molecule has 1 aliphatic rings. The van der Waals surface area contributed by atoms with E-state index in [4.69, 9.17) is 11.6 Å². The highest BCUT2D eigenvalue weighted by Crippen LogP contribution is 2.23. The maximum Gasteiger partial charge on any atom is 0.292 e. The highest BCUT2D eigenvalue weighted by Gasteiger charge is 2.23. The molecular weight excluding hydrogens is 464 g/mol. The zero-order valence-electron chi connectivity index (χ0n) is 18.9. The minimum atomic E-state index is -0.365. The molecule has 2 aromatic carbocycles. The van der Waals surface area contributed by atoms with Gasteiger partial charge in [0, 0.05) is 50.3 Å². The van der Waals surface area contributed by atoms with E-state index in [1.54, 1.807) is 41.8 Å². The van der Waals surface area contributed by atoms with E-state index in [0.717, 1.165) is 11.3 Å². The molecule has 0 aliphatic carbocycles. The summed E-state index contributed by atoms with van der Waals surface area (Å²) in [5.41, 5.74) is 2.83. The van der Waals surface area contributed by atoms with Gasteiger partial charge in [-0.2, -0.15) is 9.78 Å². The summed E-state index contributed by atoms with van der Waals surface area (Å²) in [5, 5.41) is 4.43. The van der Waals surface area contributed by atoms with Gasteiger partial charge in [0.25, 0.3) is 5.56 Å². The Morgan fingerprint density at radius 3 is 2.37 bits per heavy atom. The van der Waals surface area contributed by atoms with Crippen LogP contribution in [0.5, 0.6) is 0 Å². The SMILES string of the molecule is O=C(C=Cc1ccc(-n2ccnc2)cc1)N1CCN(c2cnn(-c3ccccc3)c(=O)c2Cl)CC1. The highest BCUT2D eigenvalue weighted by molar-refractivity contribution is 6.33. The van der Waals surface area contributed by atoms with Crippen molar-refractivity contribution in [3.8, 4) is 11.4 Å². The number of rotatable bonds is 5. The number of carbonyl (C=O) groups excluding carboxylic acids is 1. The van der Waals surface area contributed by atoms with Crippen molar-refractivity contribution in [2.75, 3.05) is 31.1 Å². The molecule has 35 heavy (non-hydrogen) atoms. The largest absolute Gasteiger partial charge is 0.365 e. The molecule has 0 saturated carbocycles. The lowest BCUT2D eigenvalue weighted by molar-refractivity contribution is -0.126. The number of halogens is 1. The summed E-state index contributed by atoms with van der Waals surface area (Å²) in [6.45, 7) is 2.19. The van der Waals surface area contributed by atoms with Crippen LogP contribution in [0, 0.1) is 0 Å². The number of carbonyl (C=O) groups is 1. The second kappa shape index (κ2) is 9.99. The van der Waals surface area contributed by atoms with Crippen molar-refractivity contribution in [3.63, 3.8) is 0 Å². The third kappa shape index (κ3) is 4.88. The van der Waals surface area contributed by atoms with Gasteiger partial charge >= 0.3 is 0 Å². The van der Waals surface area contributed by atoms with Crippen LogP contribution in [-0.4, -0.2) is 56.3 Å². The monoisotopic (exact) mass is 486 g/mol. The molecule has 0 spiro atoms. The maximum atomic E-state index is 12.8. The summed E-state index contributed by atoms with van der Waals surface area (Å²) >= 11 is 6.43. The smallest absolute Gasteiger partial charge is 0.292 e. The maximum absolute atomic E-state index is 12.8. The van der Waals surface area contributed by atoms with E-state index >= 15 is 0 Å². The molecule has 5 rings (SSSR count). The molecule has 1 aliphatic heterocycles. The first-order valence-electron chi connectivity index (χ1n) is 11.2. The number of hydrogen-bond donors (Lipinski definition) is 0. The van der Waals surface area contributed by atoms with Gasteiger partial charge in [0.2, 0.25) is 5.91 Å². The molecule has 8 nitrogen and oxygen atoms in total. The fourth-order valence-electron chi connectivity index (χ4n) is 4.01. The second-order valence-corrected chi connectivity index (χ2v) is 8.48. The van der Waals surface area contributed by atoms with Crippen LogP contribution in [0.15, 0.2) is 90.4 Å². The average molecular weight is 487 g/mol. The van der Waals surface area contributed by atoms with Crippen LogP contribution < -0.4 is 10.5 Å². The number of piperazine rings is 1. The summed E-state index contributed by atoms with van der Waals surface area (Å²) in [6, 6.07) is 17.0. The summed E-state index contributed by atoms with van der Waals surface area (Å²) < 4.78 is 3.21. The van der Waals surface area contributed by atoms with E-state index in [2.05, 4.69) is 10.1 Å². The van der Waals surface area contributed by atoms with Crippen molar-refractivity contribution in [3.05, 3.63) is 107 Å². The van der Waals surface area contributed by atoms with Gasteiger partial charge < -0.3 is 14.4 Å². The first kappa shape index (κ1) is 22.6. The molecule has 9 heteroatoms. The fourth-order valence-corrected chi connectivity index (χ4v) is 4.26. The summed E-state index contributed by atoms with van der Waals surface area (Å²) in [5.74, 6) is -0.0490. The number of aromatic nitrogens is 4. The predicted molar refractivity (Wildman–Crippen MR) is 136 cm³/mol. The van der Waals surface area contributed by atoms with E-state index in [0.29, 0.717) is 37.6 Å². The number of anilines is 1. The topological polar surface area (TPSA) is 76.3 Å². The van der Waals surface area contributed by atoms with Crippen molar-refractivity contribution in [2.24, 2.45) is 0 Å². The number of para-hydroxylation sites is 1. The quantitative estimate of drug-likeness (QED) is 0.404. The normalized spacial score (nSPS) is 14.0. The molecule has 0 atom stereocenters. The molecule has 1 saturated heterocycles. The van der Waals surface area contributed by atoms with E-state index in [9.17, 15) is 9.59 Å². The third-order valence-electron chi connectivity index (χ3n) is 5.95. The van der Waals surface area contributed by atoms with Gasteiger partial charge in [-0.25, -0.2) is 4.98 Å². The Bertz CT molecular complexity index is 1390. The summed E-state index contributed by atoms with van der Waals surface area (Å²) in [4.78, 5) is 33.3.